The van der Waals surface area contributed by atoms with Gasteiger partial charge in [-0.15, -0.1) is 11.3 Å². The van der Waals surface area contributed by atoms with Crippen LogP contribution in [0.3, 0.4) is 0 Å². The maximum atomic E-state index is 13.0. The van der Waals surface area contributed by atoms with Crippen molar-refractivity contribution in [2.75, 3.05) is 6.61 Å². The summed E-state index contributed by atoms with van der Waals surface area (Å²) in [6.07, 6.45) is -2.34. The van der Waals surface area contributed by atoms with Gasteiger partial charge in [0, 0.05) is 4.88 Å². The molecule has 4 heterocycles. The molecule has 0 saturated carbocycles. The number of benzene rings is 1. The van der Waals surface area contributed by atoms with E-state index in [0.717, 1.165) is 39.2 Å². The van der Waals surface area contributed by atoms with Crippen molar-refractivity contribution < 1.29 is 17.9 Å². The van der Waals surface area contributed by atoms with Gasteiger partial charge in [0.05, 0.1) is 30.7 Å². The highest BCUT2D eigenvalue weighted by Gasteiger charge is 2.30. The number of aromatic nitrogens is 4. The number of hydrogen-bond donors (Lipinski definition) is 0. The summed E-state index contributed by atoms with van der Waals surface area (Å²) in [7, 11) is 0. The van der Waals surface area contributed by atoms with E-state index < -0.39 is 11.7 Å². The van der Waals surface area contributed by atoms with E-state index in [2.05, 4.69) is 10.1 Å². The Hall–Kier alpha value is -2.72. The van der Waals surface area contributed by atoms with Crippen LogP contribution in [0.5, 0.6) is 0 Å². The SMILES string of the molecule is C.O=c1n(Cc2ccc(C(F)(F)F)cc2)c2sc3c(c2c2ncnn12)CCOC3. The Morgan fingerprint density at radius 2 is 1.97 bits per heavy atom. The monoisotopic (exact) mass is 422 g/mol. The summed E-state index contributed by atoms with van der Waals surface area (Å²) in [5.41, 5.74) is 1.11. The lowest BCUT2D eigenvalue weighted by atomic mass is 10.1. The average molecular weight is 422 g/mol. The first-order valence-electron chi connectivity index (χ1n) is 8.54. The molecular weight excluding hydrogens is 405 g/mol. The molecule has 0 atom stereocenters. The molecule has 0 saturated heterocycles. The van der Waals surface area contributed by atoms with Gasteiger partial charge in [-0.25, -0.2) is 9.78 Å². The molecule has 1 aromatic carbocycles. The third-order valence-electron chi connectivity index (χ3n) is 4.85. The van der Waals surface area contributed by atoms with E-state index in [1.165, 1.54) is 34.3 Å². The van der Waals surface area contributed by atoms with Crippen LogP contribution in [0.4, 0.5) is 13.2 Å². The second kappa shape index (κ2) is 6.96. The molecule has 3 aromatic heterocycles. The molecule has 0 fully saturated rings. The smallest absolute Gasteiger partial charge is 0.376 e. The highest BCUT2D eigenvalue weighted by molar-refractivity contribution is 7.19. The van der Waals surface area contributed by atoms with Crippen molar-refractivity contribution in [1.82, 2.24) is 19.2 Å². The standard InChI is InChI=1S/C18H13F3N4O2S.CH4/c19-18(20,21)11-3-1-10(2-4-11)7-24-16-14(12-5-6-27-8-13(12)28-16)15-22-9-23-25(15)17(24)26;/h1-4,9H,5-8H2;1H4. The lowest BCUT2D eigenvalue weighted by Gasteiger charge is -2.12. The van der Waals surface area contributed by atoms with E-state index in [1.54, 1.807) is 4.57 Å². The van der Waals surface area contributed by atoms with E-state index >= 15 is 0 Å². The maximum absolute atomic E-state index is 13.0. The molecule has 6 nitrogen and oxygen atoms in total. The van der Waals surface area contributed by atoms with Gasteiger partial charge in [0.1, 0.15) is 11.2 Å². The van der Waals surface area contributed by atoms with Crippen LogP contribution in [0.25, 0.3) is 15.9 Å². The predicted molar refractivity (Wildman–Crippen MR) is 103 cm³/mol. The van der Waals surface area contributed by atoms with Gasteiger partial charge >= 0.3 is 11.9 Å². The van der Waals surface area contributed by atoms with Gasteiger partial charge in [-0.05, 0) is 29.7 Å². The minimum atomic E-state index is -4.39. The molecule has 0 spiro atoms. The number of nitrogens with zero attached hydrogens (tertiary/aromatic N) is 4. The van der Waals surface area contributed by atoms with Gasteiger partial charge in [0.2, 0.25) is 0 Å². The van der Waals surface area contributed by atoms with Gasteiger partial charge in [0.25, 0.3) is 0 Å². The molecule has 4 aromatic rings. The van der Waals surface area contributed by atoms with E-state index in [4.69, 9.17) is 4.74 Å². The highest BCUT2D eigenvalue weighted by atomic mass is 32.1. The van der Waals surface area contributed by atoms with E-state index in [0.29, 0.717) is 24.4 Å². The zero-order valence-electron chi connectivity index (χ0n) is 14.4. The molecule has 5 rings (SSSR count). The number of alkyl halides is 3. The number of ether oxygens (including phenoxy) is 1. The van der Waals surface area contributed by atoms with Crippen LogP contribution in [-0.4, -0.2) is 25.8 Å². The van der Waals surface area contributed by atoms with Gasteiger partial charge < -0.3 is 4.74 Å². The zero-order chi connectivity index (χ0) is 19.5. The molecule has 1 aliphatic rings. The Kier molecular flexibility index (Phi) is 4.70. The van der Waals surface area contributed by atoms with Gasteiger partial charge in [0.15, 0.2) is 5.65 Å². The minimum Gasteiger partial charge on any atom is -0.376 e. The topological polar surface area (TPSA) is 61.4 Å². The Labute approximate surface area is 167 Å². The molecule has 0 radical (unpaired) electrons. The van der Waals surface area contributed by atoms with Crippen molar-refractivity contribution in [3.8, 4) is 0 Å². The summed E-state index contributed by atoms with van der Waals surface area (Å²) in [6, 6.07) is 4.84. The first kappa shape index (κ1) is 19.6. The fourth-order valence-corrected chi connectivity index (χ4v) is 4.79. The van der Waals surface area contributed by atoms with Crippen molar-refractivity contribution in [2.24, 2.45) is 0 Å². The molecule has 29 heavy (non-hydrogen) atoms. The van der Waals surface area contributed by atoms with Crippen molar-refractivity contribution in [1.29, 1.82) is 0 Å². The van der Waals surface area contributed by atoms with Crippen LogP contribution in [0.2, 0.25) is 0 Å². The predicted octanol–water partition coefficient (Wildman–Crippen LogP) is 3.88. The second-order valence-corrected chi connectivity index (χ2v) is 7.63. The molecule has 0 amide bonds. The van der Waals surface area contributed by atoms with Crippen LogP contribution >= 0.6 is 11.3 Å². The van der Waals surface area contributed by atoms with Gasteiger partial charge in [-0.3, -0.25) is 4.57 Å². The first-order valence-corrected chi connectivity index (χ1v) is 9.36. The molecule has 0 bridgehead atoms. The lowest BCUT2D eigenvalue weighted by molar-refractivity contribution is -0.137. The van der Waals surface area contributed by atoms with Gasteiger partial charge in [-0.2, -0.15) is 22.8 Å². The van der Waals surface area contributed by atoms with Crippen LogP contribution in [0.15, 0.2) is 35.4 Å². The highest BCUT2D eigenvalue weighted by Crippen LogP contribution is 2.36. The van der Waals surface area contributed by atoms with E-state index in [9.17, 15) is 18.0 Å². The van der Waals surface area contributed by atoms with Crippen molar-refractivity contribution in [3.05, 3.63) is 62.6 Å². The third kappa shape index (κ3) is 3.12. The van der Waals surface area contributed by atoms with Crippen LogP contribution in [-0.2, 0) is 30.5 Å². The maximum Gasteiger partial charge on any atom is 0.416 e. The Morgan fingerprint density at radius 1 is 1.21 bits per heavy atom. The quantitative estimate of drug-likeness (QED) is 0.492. The fourth-order valence-electron chi connectivity index (χ4n) is 3.51. The van der Waals surface area contributed by atoms with Crippen LogP contribution in [0, 0.1) is 0 Å². The van der Waals surface area contributed by atoms with Crippen LogP contribution in [0.1, 0.15) is 29.0 Å². The summed E-state index contributed by atoms with van der Waals surface area (Å²) >= 11 is 1.46. The largest absolute Gasteiger partial charge is 0.416 e. The van der Waals surface area contributed by atoms with Gasteiger partial charge in [-0.1, -0.05) is 19.6 Å². The molecule has 0 N–H and O–H groups in total. The number of hydrogen-bond acceptors (Lipinski definition) is 5. The third-order valence-corrected chi connectivity index (χ3v) is 6.08. The van der Waals surface area contributed by atoms with Crippen molar-refractivity contribution in [2.45, 2.75) is 33.2 Å². The normalized spacial score (nSPS) is 14.2. The molecule has 0 aliphatic carbocycles. The zero-order valence-corrected chi connectivity index (χ0v) is 15.2. The molecule has 0 unspecified atom stereocenters. The minimum absolute atomic E-state index is 0. The number of thiophene rings is 1. The Bertz CT molecular complexity index is 1260. The number of fused-ring (bicyclic) bond motifs is 5. The number of halogens is 3. The van der Waals surface area contributed by atoms with E-state index in [-0.39, 0.29) is 19.7 Å². The average Bonchev–Trinajstić information content (AvgIpc) is 3.29. The molecule has 152 valence electrons. The fraction of sp³-hybridized carbons (Fsp3) is 0.316. The number of rotatable bonds is 2. The molecular formula is C19H17F3N4O2S. The summed E-state index contributed by atoms with van der Waals surface area (Å²) in [4.78, 5) is 19.0. The second-order valence-electron chi connectivity index (χ2n) is 6.55. The van der Waals surface area contributed by atoms with Crippen molar-refractivity contribution in [3.63, 3.8) is 0 Å². The Balaban J connectivity index is 0.00000205. The Morgan fingerprint density at radius 3 is 2.69 bits per heavy atom. The van der Waals surface area contributed by atoms with E-state index in [1.807, 2.05) is 0 Å². The summed E-state index contributed by atoms with van der Waals surface area (Å²) in [5.74, 6) is 0. The van der Waals surface area contributed by atoms with Crippen molar-refractivity contribution >= 4 is 27.2 Å². The lowest BCUT2D eigenvalue weighted by Crippen LogP contribution is -2.28. The summed E-state index contributed by atoms with van der Waals surface area (Å²) < 4.78 is 46.7. The first-order chi connectivity index (χ1) is 13.4. The molecule has 1 aliphatic heterocycles. The molecule has 10 heteroatoms. The summed E-state index contributed by atoms with van der Waals surface area (Å²) in [6.45, 7) is 1.21. The van der Waals surface area contributed by atoms with Crippen LogP contribution < -0.4 is 5.69 Å². The summed E-state index contributed by atoms with van der Waals surface area (Å²) in [5, 5.41) is 4.91.